The molecule has 1 aliphatic heterocycles. The molecular formula is C16H25N3O2S. The Balaban J connectivity index is 1.75. The number of pyridine rings is 1. The van der Waals surface area contributed by atoms with Crippen molar-refractivity contribution in [3.05, 3.63) is 23.9 Å². The van der Waals surface area contributed by atoms with Gasteiger partial charge in [0.1, 0.15) is 5.82 Å². The molecule has 1 aromatic rings. The molecule has 2 aliphatic rings. The highest BCUT2D eigenvalue weighted by Crippen LogP contribution is 2.33. The van der Waals surface area contributed by atoms with E-state index in [4.69, 9.17) is 4.98 Å². The Labute approximate surface area is 133 Å². The highest BCUT2D eigenvalue weighted by atomic mass is 32.2. The van der Waals surface area contributed by atoms with Crippen molar-refractivity contribution < 1.29 is 8.42 Å². The van der Waals surface area contributed by atoms with Crippen LogP contribution in [0.2, 0.25) is 0 Å². The van der Waals surface area contributed by atoms with Crippen LogP contribution in [0.3, 0.4) is 0 Å². The van der Waals surface area contributed by atoms with Crippen LogP contribution in [0, 0.1) is 0 Å². The molecule has 6 heteroatoms. The molecule has 1 atom stereocenters. The second-order valence-electron chi connectivity index (χ2n) is 6.46. The van der Waals surface area contributed by atoms with Crippen LogP contribution in [0.25, 0.3) is 0 Å². The largest absolute Gasteiger partial charge is 0.367 e. The molecule has 2 heterocycles. The van der Waals surface area contributed by atoms with E-state index < -0.39 is 10.0 Å². The van der Waals surface area contributed by atoms with Crippen molar-refractivity contribution in [3.8, 4) is 0 Å². The van der Waals surface area contributed by atoms with Crippen LogP contribution in [0.15, 0.2) is 18.2 Å². The van der Waals surface area contributed by atoms with Crippen LogP contribution in [0.5, 0.6) is 0 Å². The highest BCUT2D eigenvalue weighted by molar-refractivity contribution is 7.88. The van der Waals surface area contributed by atoms with Crippen molar-refractivity contribution in [2.45, 2.75) is 57.0 Å². The highest BCUT2D eigenvalue weighted by Gasteiger charge is 2.33. The van der Waals surface area contributed by atoms with Gasteiger partial charge in [-0.25, -0.2) is 13.4 Å². The van der Waals surface area contributed by atoms with E-state index >= 15 is 0 Å². The van der Waals surface area contributed by atoms with E-state index in [0.717, 1.165) is 24.4 Å². The van der Waals surface area contributed by atoms with E-state index in [9.17, 15) is 8.42 Å². The molecule has 0 spiro atoms. The van der Waals surface area contributed by atoms with Gasteiger partial charge in [-0.1, -0.05) is 25.3 Å². The Morgan fingerprint density at radius 2 is 1.91 bits per heavy atom. The summed E-state index contributed by atoms with van der Waals surface area (Å²) in [5, 5.41) is 3.52. The minimum absolute atomic E-state index is 0.108. The molecule has 0 aromatic carbocycles. The lowest BCUT2D eigenvalue weighted by Crippen LogP contribution is -2.30. The van der Waals surface area contributed by atoms with E-state index in [0.29, 0.717) is 12.6 Å². The number of sulfonamides is 1. The first-order valence-electron chi connectivity index (χ1n) is 8.24. The summed E-state index contributed by atoms with van der Waals surface area (Å²) in [6.07, 6.45) is 9.33. The van der Waals surface area contributed by atoms with Gasteiger partial charge >= 0.3 is 0 Å². The van der Waals surface area contributed by atoms with Crippen LogP contribution >= 0.6 is 0 Å². The first kappa shape index (κ1) is 15.7. The zero-order valence-corrected chi connectivity index (χ0v) is 14.0. The summed E-state index contributed by atoms with van der Waals surface area (Å²) in [6, 6.07) is 6.30. The second-order valence-corrected chi connectivity index (χ2v) is 8.39. The van der Waals surface area contributed by atoms with Gasteiger partial charge in [-0.2, -0.15) is 4.31 Å². The van der Waals surface area contributed by atoms with Gasteiger partial charge < -0.3 is 5.32 Å². The average Bonchev–Trinajstić information content (AvgIpc) is 2.98. The molecule has 1 aromatic heterocycles. The third kappa shape index (κ3) is 3.60. The summed E-state index contributed by atoms with van der Waals surface area (Å²) in [6.45, 7) is 0.603. The Hall–Kier alpha value is -1.14. The Morgan fingerprint density at radius 1 is 1.14 bits per heavy atom. The summed E-state index contributed by atoms with van der Waals surface area (Å²) < 4.78 is 25.4. The van der Waals surface area contributed by atoms with Gasteiger partial charge in [0.2, 0.25) is 10.0 Å². The number of nitrogens with one attached hydrogen (secondary N) is 1. The van der Waals surface area contributed by atoms with E-state index in [1.807, 2.05) is 18.2 Å². The third-order valence-corrected chi connectivity index (χ3v) is 5.99. The lowest BCUT2D eigenvalue weighted by atomic mass is 9.95. The van der Waals surface area contributed by atoms with Gasteiger partial charge in [0.15, 0.2) is 0 Å². The minimum atomic E-state index is -3.17. The number of anilines is 1. The van der Waals surface area contributed by atoms with Crippen LogP contribution in [0.4, 0.5) is 5.82 Å². The van der Waals surface area contributed by atoms with Gasteiger partial charge in [0.05, 0.1) is 18.0 Å². The van der Waals surface area contributed by atoms with Crippen LogP contribution in [0.1, 0.15) is 56.7 Å². The smallest absolute Gasteiger partial charge is 0.211 e. The number of aromatic nitrogens is 1. The molecule has 22 heavy (non-hydrogen) atoms. The molecule has 0 unspecified atom stereocenters. The maximum absolute atomic E-state index is 11.9. The van der Waals surface area contributed by atoms with Crippen molar-refractivity contribution in [1.29, 1.82) is 0 Å². The molecule has 3 rings (SSSR count). The molecule has 1 saturated carbocycles. The van der Waals surface area contributed by atoms with Crippen molar-refractivity contribution >= 4 is 15.8 Å². The zero-order valence-electron chi connectivity index (χ0n) is 13.2. The van der Waals surface area contributed by atoms with Gasteiger partial charge in [-0.3, -0.25) is 0 Å². The summed E-state index contributed by atoms with van der Waals surface area (Å²) in [5.41, 5.74) is 0.865. The van der Waals surface area contributed by atoms with E-state index in [2.05, 4.69) is 5.32 Å². The zero-order chi connectivity index (χ0) is 15.6. The quantitative estimate of drug-likeness (QED) is 0.925. The van der Waals surface area contributed by atoms with E-state index in [-0.39, 0.29) is 6.04 Å². The molecule has 0 bridgehead atoms. The van der Waals surface area contributed by atoms with Crippen LogP contribution < -0.4 is 5.32 Å². The number of hydrogen-bond acceptors (Lipinski definition) is 4. The standard InChI is InChI=1S/C16H25N3O2S/c1-22(20,21)19-12-6-10-15(19)14-9-5-11-16(18-14)17-13-7-3-2-4-8-13/h5,9,11,13,15H,2-4,6-8,10,12H2,1H3,(H,17,18)/t15-/m1/s1. The first-order chi connectivity index (χ1) is 10.5. The molecule has 1 saturated heterocycles. The molecule has 1 aliphatic carbocycles. The van der Waals surface area contributed by atoms with Crippen molar-refractivity contribution in [2.75, 3.05) is 18.1 Å². The maximum atomic E-state index is 11.9. The molecular weight excluding hydrogens is 298 g/mol. The Morgan fingerprint density at radius 3 is 2.64 bits per heavy atom. The summed E-state index contributed by atoms with van der Waals surface area (Å²) in [5.74, 6) is 0.879. The minimum Gasteiger partial charge on any atom is -0.367 e. The summed E-state index contributed by atoms with van der Waals surface area (Å²) in [4.78, 5) is 4.70. The predicted molar refractivity (Wildman–Crippen MR) is 88.3 cm³/mol. The van der Waals surface area contributed by atoms with Gasteiger partial charge in [-0.15, -0.1) is 0 Å². The van der Waals surface area contributed by atoms with Crippen LogP contribution in [-0.4, -0.2) is 36.5 Å². The predicted octanol–water partition coefficient (Wildman–Crippen LogP) is 2.92. The number of nitrogens with zero attached hydrogens (tertiary/aromatic N) is 2. The lowest BCUT2D eigenvalue weighted by Gasteiger charge is -2.25. The monoisotopic (exact) mass is 323 g/mol. The topological polar surface area (TPSA) is 62.3 Å². The summed E-state index contributed by atoms with van der Waals surface area (Å²) in [7, 11) is -3.17. The van der Waals surface area contributed by atoms with Crippen molar-refractivity contribution in [3.63, 3.8) is 0 Å². The summed E-state index contributed by atoms with van der Waals surface area (Å²) >= 11 is 0. The molecule has 0 amide bonds. The Bertz CT molecular complexity index is 612. The van der Waals surface area contributed by atoms with Crippen molar-refractivity contribution in [2.24, 2.45) is 0 Å². The average molecular weight is 323 g/mol. The second kappa shape index (κ2) is 6.54. The van der Waals surface area contributed by atoms with Crippen molar-refractivity contribution in [1.82, 2.24) is 9.29 Å². The third-order valence-electron chi connectivity index (χ3n) is 4.70. The normalized spacial score (nSPS) is 24.5. The fourth-order valence-corrected chi connectivity index (χ4v) is 4.74. The maximum Gasteiger partial charge on any atom is 0.211 e. The number of hydrogen-bond donors (Lipinski definition) is 1. The van der Waals surface area contributed by atoms with E-state index in [1.54, 1.807) is 4.31 Å². The van der Waals surface area contributed by atoms with Gasteiger partial charge in [-0.05, 0) is 37.8 Å². The lowest BCUT2D eigenvalue weighted by molar-refractivity contribution is 0.394. The first-order valence-corrected chi connectivity index (χ1v) is 10.1. The van der Waals surface area contributed by atoms with Crippen LogP contribution in [-0.2, 0) is 10.0 Å². The molecule has 1 N–H and O–H groups in total. The molecule has 2 fully saturated rings. The Kier molecular flexibility index (Phi) is 4.68. The van der Waals surface area contributed by atoms with E-state index in [1.165, 1.54) is 38.4 Å². The van der Waals surface area contributed by atoms with Gasteiger partial charge in [0, 0.05) is 12.6 Å². The molecule has 5 nitrogen and oxygen atoms in total. The fourth-order valence-electron chi connectivity index (χ4n) is 3.61. The molecule has 0 radical (unpaired) electrons. The fraction of sp³-hybridized carbons (Fsp3) is 0.688. The SMILES string of the molecule is CS(=O)(=O)N1CCC[C@@H]1c1cccc(NC2CCCCC2)n1. The van der Waals surface area contributed by atoms with Gasteiger partial charge in [0.25, 0.3) is 0 Å². The number of rotatable bonds is 4. The molecule has 122 valence electrons.